The van der Waals surface area contributed by atoms with Crippen LogP contribution in [0, 0.1) is 6.92 Å². The molecule has 4 heterocycles. The number of fused-ring (bicyclic) bond motifs is 1. The second kappa shape index (κ2) is 10.0. The van der Waals surface area contributed by atoms with Crippen LogP contribution in [0.15, 0.2) is 18.2 Å². The monoisotopic (exact) mass is 424 g/mol. The number of piperidine rings is 1. The Labute approximate surface area is 183 Å². The number of anilines is 3. The molecule has 1 saturated heterocycles. The summed E-state index contributed by atoms with van der Waals surface area (Å²) >= 11 is 0. The molecular weight excluding hydrogens is 392 g/mol. The predicted octanol–water partition coefficient (Wildman–Crippen LogP) is 3.04. The molecule has 9 nitrogen and oxygen atoms in total. The molecule has 0 bridgehead atoms. The molecule has 1 aliphatic heterocycles. The van der Waals surface area contributed by atoms with Crippen molar-refractivity contribution < 1.29 is 4.74 Å². The van der Waals surface area contributed by atoms with Gasteiger partial charge in [0.25, 0.3) is 0 Å². The maximum Gasteiger partial charge on any atom is 0.225 e. The van der Waals surface area contributed by atoms with Gasteiger partial charge in [-0.3, -0.25) is 4.68 Å². The number of aryl methyl sites for hydroxylation is 2. The lowest BCUT2D eigenvalue weighted by Gasteiger charge is -2.24. The van der Waals surface area contributed by atoms with Gasteiger partial charge in [0.1, 0.15) is 16.9 Å². The first kappa shape index (κ1) is 21.5. The van der Waals surface area contributed by atoms with Gasteiger partial charge >= 0.3 is 0 Å². The molecule has 0 aromatic carbocycles. The van der Waals surface area contributed by atoms with Crippen LogP contribution in [-0.4, -0.2) is 57.1 Å². The van der Waals surface area contributed by atoms with Crippen LogP contribution in [0.3, 0.4) is 0 Å². The fraction of sp³-hybridized carbons (Fsp3) is 0.545. The summed E-state index contributed by atoms with van der Waals surface area (Å²) in [7, 11) is 0. The average molecular weight is 425 g/mol. The fourth-order valence-electron chi connectivity index (χ4n) is 3.87. The fourth-order valence-corrected chi connectivity index (χ4v) is 3.87. The van der Waals surface area contributed by atoms with E-state index < -0.39 is 0 Å². The molecule has 0 amide bonds. The molecule has 4 rings (SSSR count). The lowest BCUT2D eigenvalue weighted by atomic mass is 10.1. The molecule has 0 atom stereocenters. The van der Waals surface area contributed by atoms with Gasteiger partial charge in [-0.1, -0.05) is 13.0 Å². The van der Waals surface area contributed by atoms with Gasteiger partial charge in [-0.05, 0) is 58.3 Å². The summed E-state index contributed by atoms with van der Waals surface area (Å²) in [6, 6.07) is 6.28. The van der Waals surface area contributed by atoms with Crippen molar-refractivity contribution in [1.29, 1.82) is 0 Å². The van der Waals surface area contributed by atoms with E-state index in [9.17, 15) is 0 Å². The number of pyridine rings is 1. The minimum atomic E-state index is 0.363. The van der Waals surface area contributed by atoms with Crippen molar-refractivity contribution in [2.75, 3.05) is 36.9 Å². The Hall–Kier alpha value is -2.78. The molecule has 3 aromatic heterocycles. The van der Waals surface area contributed by atoms with E-state index in [1.165, 1.54) is 0 Å². The van der Waals surface area contributed by atoms with Crippen molar-refractivity contribution in [2.45, 2.75) is 52.6 Å². The molecular formula is C22H32N8O. The Morgan fingerprint density at radius 3 is 2.74 bits per heavy atom. The number of rotatable bonds is 9. The van der Waals surface area contributed by atoms with Crippen molar-refractivity contribution in [1.82, 2.24) is 30.0 Å². The van der Waals surface area contributed by atoms with E-state index >= 15 is 0 Å². The van der Waals surface area contributed by atoms with Crippen LogP contribution < -0.4 is 16.0 Å². The molecule has 31 heavy (non-hydrogen) atoms. The summed E-state index contributed by atoms with van der Waals surface area (Å²) in [5.74, 6) is 2.10. The normalized spacial score (nSPS) is 14.8. The Morgan fingerprint density at radius 1 is 1.16 bits per heavy atom. The van der Waals surface area contributed by atoms with E-state index in [-0.39, 0.29) is 0 Å². The molecule has 3 N–H and O–H groups in total. The lowest BCUT2D eigenvalue weighted by molar-refractivity contribution is 0.137. The van der Waals surface area contributed by atoms with Crippen molar-refractivity contribution in [3.8, 4) is 0 Å². The zero-order valence-corrected chi connectivity index (χ0v) is 18.6. The van der Waals surface area contributed by atoms with Crippen molar-refractivity contribution >= 4 is 28.6 Å². The van der Waals surface area contributed by atoms with Crippen LogP contribution >= 0.6 is 0 Å². The largest absolute Gasteiger partial charge is 0.380 e. The number of hydrogen-bond donors (Lipinski definition) is 3. The van der Waals surface area contributed by atoms with E-state index in [1.807, 2.05) is 36.7 Å². The maximum absolute atomic E-state index is 5.57. The zero-order valence-electron chi connectivity index (χ0n) is 18.6. The number of nitrogens with one attached hydrogen (secondary N) is 3. The maximum atomic E-state index is 5.57. The summed E-state index contributed by atoms with van der Waals surface area (Å²) < 4.78 is 7.53. The van der Waals surface area contributed by atoms with Gasteiger partial charge in [-0.15, -0.1) is 0 Å². The van der Waals surface area contributed by atoms with Crippen LogP contribution in [0.4, 0.5) is 17.6 Å². The number of ether oxygens (including phenoxy) is 1. The van der Waals surface area contributed by atoms with Gasteiger partial charge in [0.05, 0.1) is 18.8 Å². The number of nitrogens with zero attached hydrogens (tertiary/aromatic N) is 5. The van der Waals surface area contributed by atoms with E-state index in [4.69, 9.17) is 19.8 Å². The third kappa shape index (κ3) is 5.11. The van der Waals surface area contributed by atoms with Crippen LogP contribution in [0.5, 0.6) is 0 Å². The van der Waals surface area contributed by atoms with Gasteiger partial charge < -0.3 is 20.7 Å². The highest BCUT2D eigenvalue weighted by atomic mass is 16.5. The highest BCUT2D eigenvalue weighted by Gasteiger charge is 2.20. The van der Waals surface area contributed by atoms with E-state index in [0.717, 1.165) is 60.6 Å². The molecule has 0 saturated carbocycles. The molecule has 0 unspecified atom stereocenters. The van der Waals surface area contributed by atoms with Crippen LogP contribution in [0.2, 0.25) is 0 Å². The summed E-state index contributed by atoms with van der Waals surface area (Å²) in [5, 5.41) is 15.2. The van der Waals surface area contributed by atoms with Gasteiger partial charge in [0.2, 0.25) is 5.95 Å². The predicted molar refractivity (Wildman–Crippen MR) is 123 cm³/mol. The molecule has 1 aliphatic rings. The summed E-state index contributed by atoms with van der Waals surface area (Å²) in [5.41, 5.74) is 3.67. The Morgan fingerprint density at radius 2 is 2.00 bits per heavy atom. The molecule has 1 fully saturated rings. The molecule has 9 heteroatoms. The molecule has 0 radical (unpaired) electrons. The third-order valence-electron chi connectivity index (χ3n) is 5.45. The Bertz CT molecular complexity index is 1010. The van der Waals surface area contributed by atoms with E-state index in [2.05, 4.69) is 27.9 Å². The first-order valence-electron chi connectivity index (χ1n) is 11.2. The molecule has 166 valence electrons. The number of hydrogen-bond acceptors (Lipinski definition) is 8. The van der Waals surface area contributed by atoms with Crippen LogP contribution in [-0.2, 0) is 17.7 Å². The molecule has 0 aliphatic carbocycles. The highest BCUT2D eigenvalue weighted by Crippen LogP contribution is 2.28. The Kier molecular flexibility index (Phi) is 6.93. The standard InChI is InChI=1S/C22H32N8O/c1-4-17-19-20(30(29-17)13-14-31-5-2)21(26-18-8-6-7-15(3)24-18)28-22(27-19)25-16-9-11-23-12-10-16/h6-8,16,23H,4-5,9-14H2,1-3H3,(H2,24,25,26,27,28). The van der Waals surface area contributed by atoms with Crippen LogP contribution in [0.25, 0.3) is 11.0 Å². The average Bonchev–Trinajstić information content (AvgIpc) is 3.12. The smallest absolute Gasteiger partial charge is 0.225 e. The SMILES string of the molecule is CCOCCn1nc(CC)c2nc(NC3CCNCC3)nc(Nc3cccc(C)n3)c21. The quantitative estimate of drug-likeness (QED) is 0.451. The van der Waals surface area contributed by atoms with Gasteiger partial charge in [-0.2, -0.15) is 10.1 Å². The summed E-state index contributed by atoms with van der Waals surface area (Å²) in [6.45, 7) is 10.0. The van der Waals surface area contributed by atoms with E-state index in [0.29, 0.717) is 37.6 Å². The Balaban J connectivity index is 1.75. The highest BCUT2D eigenvalue weighted by molar-refractivity contribution is 5.90. The van der Waals surface area contributed by atoms with Crippen molar-refractivity contribution in [3.63, 3.8) is 0 Å². The van der Waals surface area contributed by atoms with Gasteiger partial charge in [0, 0.05) is 18.3 Å². The third-order valence-corrected chi connectivity index (χ3v) is 5.45. The first-order chi connectivity index (χ1) is 15.2. The number of aromatic nitrogens is 5. The second-order valence-electron chi connectivity index (χ2n) is 7.77. The molecule has 3 aromatic rings. The summed E-state index contributed by atoms with van der Waals surface area (Å²) in [4.78, 5) is 14.3. The van der Waals surface area contributed by atoms with Crippen LogP contribution in [0.1, 0.15) is 38.1 Å². The first-order valence-corrected chi connectivity index (χ1v) is 11.2. The van der Waals surface area contributed by atoms with Crippen molar-refractivity contribution in [3.05, 3.63) is 29.6 Å². The molecule has 0 spiro atoms. The topological polar surface area (TPSA) is 102 Å². The minimum absolute atomic E-state index is 0.363. The second-order valence-corrected chi connectivity index (χ2v) is 7.77. The zero-order chi connectivity index (χ0) is 21.6. The van der Waals surface area contributed by atoms with Gasteiger partial charge in [-0.25, -0.2) is 9.97 Å². The van der Waals surface area contributed by atoms with Crippen molar-refractivity contribution in [2.24, 2.45) is 0 Å². The minimum Gasteiger partial charge on any atom is -0.380 e. The lowest BCUT2D eigenvalue weighted by Crippen LogP contribution is -2.35. The van der Waals surface area contributed by atoms with E-state index in [1.54, 1.807) is 0 Å². The summed E-state index contributed by atoms with van der Waals surface area (Å²) in [6.07, 6.45) is 2.90. The van der Waals surface area contributed by atoms with Gasteiger partial charge in [0.15, 0.2) is 5.82 Å².